The molecule has 0 bridgehead atoms. The molecular formula is C14H19NO. The van der Waals surface area contributed by atoms with Crippen LogP contribution in [0.2, 0.25) is 0 Å². The summed E-state index contributed by atoms with van der Waals surface area (Å²) >= 11 is 0. The van der Waals surface area contributed by atoms with E-state index >= 15 is 0 Å². The standard InChI is InChI=1S/C12H13NO.C2H6/c1-9(14)12(2,3)11-6-4-10(8-13)5-7-11;1-2/h4-7H,1-3H3;1-2H3. The Morgan fingerprint density at radius 2 is 1.62 bits per heavy atom. The summed E-state index contributed by atoms with van der Waals surface area (Å²) in [6, 6.07) is 9.19. The van der Waals surface area contributed by atoms with Gasteiger partial charge in [0, 0.05) is 5.41 Å². The molecule has 2 nitrogen and oxygen atoms in total. The zero-order valence-corrected chi connectivity index (χ0v) is 10.7. The molecule has 0 aliphatic carbocycles. The van der Waals surface area contributed by atoms with Crippen molar-refractivity contribution in [3.05, 3.63) is 35.4 Å². The Kier molecular flexibility index (Phi) is 5.46. The first kappa shape index (κ1) is 14.4. The van der Waals surface area contributed by atoms with Crippen molar-refractivity contribution in [2.45, 2.75) is 40.0 Å². The highest BCUT2D eigenvalue weighted by molar-refractivity contribution is 5.87. The van der Waals surface area contributed by atoms with Gasteiger partial charge < -0.3 is 0 Å². The summed E-state index contributed by atoms with van der Waals surface area (Å²) in [5, 5.41) is 8.62. The van der Waals surface area contributed by atoms with Gasteiger partial charge >= 0.3 is 0 Å². The third-order valence-corrected chi connectivity index (χ3v) is 2.62. The van der Waals surface area contributed by atoms with Crippen LogP contribution in [0.4, 0.5) is 0 Å². The van der Waals surface area contributed by atoms with Crippen LogP contribution in [-0.4, -0.2) is 5.78 Å². The minimum atomic E-state index is -0.464. The number of hydrogen-bond acceptors (Lipinski definition) is 2. The highest BCUT2D eigenvalue weighted by Gasteiger charge is 2.25. The van der Waals surface area contributed by atoms with E-state index in [0.29, 0.717) is 5.56 Å². The first-order chi connectivity index (χ1) is 7.48. The Morgan fingerprint density at radius 3 is 1.94 bits per heavy atom. The van der Waals surface area contributed by atoms with Crippen molar-refractivity contribution in [3.63, 3.8) is 0 Å². The van der Waals surface area contributed by atoms with Gasteiger partial charge in [0.25, 0.3) is 0 Å². The lowest BCUT2D eigenvalue weighted by Gasteiger charge is -2.21. The number of Topliss-reactive ketones (excluding diaryl/α,β-unsaturated/α-hetero) is 1. The van der Waals surface area contributed by atoms with Gasteiger partial charge in [-0.05, 0) is 38.5 Å². The Bertz CT molecular complexity index is 382. The average Bonchev–Trinajstić information content (AvgIpc) is 2.31. The van der Waals surface area contributed by atoms with Crippen LogP contribution in [0, 0.1) is 11.3 Å². The molecule has 0 aromatic heterocycles. The number of ketones is 1. The highest BCUT2D eigenvalue weighted by Crippen LogP contribution is 2.24. The average molecular weight is 217 g/mol. The Morgan fingerprint density at radius 1 is 1.19 bits per heavy atom. The molecule has 0 heterocycles. The molecule has 0 aliphatic heterocycles. The molecule has 0 saturated carbocycles. The molecule has 0 radical (unpaired) electrons. The Labute approximate surface area is 97.9 Å². The van der Waals surface area contributed by atoms with E-state index < -0.39 is 5.41 Å². The molecule has 0 amide bonds. The number of nitriles is 1. The van der Waals surface area contributed by atoms with E-state index in [4.69, 9.17) is 5.26 Å². The number of benzene rings is 1. The van der Waals surface area contributed by atoms with Crippen LogP contribution in [0.3, 0.4) is 0 Å². The van der Waals surface area contributed by atoms with Crippen molar-refractivity contribution in [3.8, 4) is 6.07 Å². The number of carbonyl (C=O) groups excluding carboxylic acids is 1. The van der Waals surface area contributed by atoms with E-state index in [0.717, 1.165) is 5.56 Å². The summed E-state index contributed by atoms with van der Waals surface area (Å²) < 4.78 is 0. The van der Waals surface area contributed by atoms with Gasteiger partial charge in [-0.1, -0.05) is 26.0 Å². The van der Waals surface area contributed by atoms with Crippen LogP contribution in [0.15, 0.2) is 24.3 Å². The summed E-state index contributed by atoms with van der Waals surface area (Å²) in [4.78, 5) is 11.4. The summed E-state index contributed by atoms with van der Waals surface area (Å²) in [7, 11) is 0. The van der Waals surface area contributed by atoms with Gasteiger partial charge in [-0.15, -0.1) is 0 Å². The quantitative estimate of drug-likeness (QED) is 0.761. The monoisotopic (exact) mass is 217 g/mol. The molecule has 0 atom stereocenters. The van der Waals surface area contributed by atoms with Gasteiger partial charge in [-0.25, -0.2) is 0 Å². The lowest BCUT2D eigenvalue weighted by Crippen LogP contribution is -2.26. The minimum absolute atomic E-state index is 0.127. The van der Waals surface area contributed by atoms with E-state index in [1.165, 1.54) is 0 Å². The fourth-order valence-corrected chi connectivity index (χ4v) is 1.16. The number of nitrogens with zero attached hydrogens (tertiary/aromatic N) is 1. The van der Waals surface area contributed by atoms with Crippen LogP contribution in [0.25, 0.3) is 0 Å². The van der Waals surface area contributed by atoms with Crippen molar-refractivity contribution in [1.82, 2.24) is 0 Å². The summed E-state index contributed by atoms with van der Waals surface area (Å²) in [6.45, 7) is 9.35. The van der Waals surface area contributed by atoms with E-state index in [1.54, 1.807) is 19.1 Å². The van der Waals surface area contributed by atoms with E-state index in [1.807, 2.05) is 45.9 Å². The topological polar surface area (TPSA) is 40.9 Å². The second kappa shape index (κ2) is 6.07. The van der Waals surface area contributed by atoms with Crippen molar-refractivity contribution < 1.29 is 4.79 Å². The summed E-state index contributed by atoms with van der Waals surface area (Å²) in [6.07, 6.45) is 0. The molecule has 1 aromatic rings. The maximum absolute atomic E-state index is 11.4. The van der Waals surface area contributed by atoms with Crippen LogP contribution < -0.4 is 0 Å². The molecule has 86 valence electrons. The first-order valence-corrected chi connectivity index (χ1v) is 5.50. The van der Waals surface area contributed by atoms with Gasteiger partial charge in [-0.2, -0.15) is 5.26 Å². The molecule has 0 spiro atoms. The normalized spacial score (nSPS) is 9.75. The third-order valence-electron chi connectivity index (χ3n) is 2.62. The van der Waals surface area contributed by atoms with Crippen molar-refractivity contribution in [2.24, 2.45) is 0 Å². The van der Waals surface area contributed by atoms with E-state index in [9.17, 15) is 4.79 Å². The molecule has 2 heteroatoms. The predicted molar refractivity (Wildman–Crippen MR) is 66.2 cm³/mol. The molecule has 0 aliphatic rings. The van der Waals surface area contributed by atoms with E-state index in [2.05, 4.69) is 0 Å². The molecule has 1 rings (SSSR count). The van der Waals surface area contributed by atoms with E-state index in [-0.39, 0.29) is 5.78 Å². The summed E-state index contributed by atoms with van der Waals surface area (Å²) in [5.74, 6) is 0.127. The lowest BCUT2D eigenvalue weighted by atomic mass is 9.81. The zero-order valence-electron chi connectivity index (χ0n) is 10.7. The zero-order chi connectivity index (χ0) is 12.8. The fraction of sp³-hybridized carbons (Fsp3) is 0.429. The lowest BCUT2D eigenvalue weighted by molar-refractivity contribution is -0.121. The predicted octanol–water partition coefficient (Wildman–Crippen LogP) is 3.45. The smallest absolute Gasteiger partial charge is 0.139 e. The van der Waals surface area contributed by atoms with Crippen LogP contribution >= 0.6 is 0 Å². The van der Waals surface area contributed by atoms with Crippen molar-refractivity contribution in [1.29, 1.82) is 5.26 Å². The molecule has 16 heavy (non-hydrogen) atoms. The van der Waals surface area contributed by atoms with Crippen molar-refractivity contribution >= 4 is 5.78 Å². The third kappa shape index (κ3) is 3.20. The van der Waals surface area contributed by atoms with Gasteiger partial charge in [0.1, 0.15) is 5.78 Å². The summed E-state index contributed by atoms with van der Waals surface area (Å²) in [5.41, 5.74) is 1.10. The number of carbonyl (C=O) groups is 1. The van der Waals surface area contributed by atoms with Gasteiger partial charge in [0.2, 0.25) is 0 Å². The molecule has 0 N–H and O–H groups in total. The molecular weight excluding hydrogens is 198 g/mol. The van der Waals surface area contributed by atoms with Gasteiger partial charge in [0.05, 0.1) is 11.6 Å². The van der Waals surface area contributed by atoms with Crippen LogP contribution in [-0.2, 0) is 10.2 Å². The minimum Gasteiger partial charge on any atom is -0.299 e. The molecule has 1 aromatic carbocycles. The van der Waals surface area contributed by atoms with Crippen LogP contribution in [0.5, 0.6) is 0 Å². The Hall–Kier alpha value is -1.62. The molecule has 0 fully saturated rings. The van der Waals surface area contributed by atoms with Crippen LogP contribution in [0.1, 0.15) is 45.7 Å². The van der Waals surface area contributed by atoms with Gasteiger partial charge in [0.15, 0.2) is 0 Å². The Balaban J connectivity index is 0.00000106. The first-order valence-electron chi connectivity index (χ1n) is 5.50. The SMILES string of the molecule is CC.CC(=O)C(C)(C)c1ccc(C#N)cc1. The van der Waals surface area contributed by atoms with Crippen molar-refractivity contribution in [2.75, 3.05) is 0 Å². The number of rotatable bonds is 2. The second-order valence-corrected chi connectivity index (χ2v) is 3.87. The number of hydrogen-bond donors (Lipinski definition) is 0. The maximum Gasteiger partial charge on any atom is 0.139 e. The fourth-order valence-electron chi connectivity index (χ4n) is 1.16. The molecule has 0 saturated heterocycles. The molecule has 0 unspecified atom stereocenters. The second-order valence-electron chi connectivity index (χ2n) is 3.87. The highest BCUT2D eigenvalue weighted by atomic mass is 16.1. The largest absolute Gasteiger partial charge is 0.299 e. The maximum atomic E-state index is 11.4. The van der Waals surface area contributed by atoms with Gasteiger partial charge in [-0.3, -0.25) is 4.79 Å².